The van der Waals surface area contributed by atoms with Gasteiger partial charge in [0.2, 0.25) is 11.9 Å². The van der Waals surface area contributed by atoms with Crippen LogP contribution in [0.2, 0.25) is 0 Å². The third-order valence-corrected chi connectivity index (χ3v) is 4.15. The molecule has 1 aliphatic carbocycles. The molecule has 23 heavy (non-hydrogen) atoms. The number of nitrogens with one attached hydrogen (secondary N) is 1. The van der Waals surface area contributed by atoms with Crippen LogP contribution in [0.5, 0.6) is 0 Å². The summed E-state index contributed by atoms with van der Waals surface area (Å²) >= 11 is 0. The SMILES string of the molecule is Cc1ccc2nc(NC(=O)CCOC(C)C)n(C3CCC3)c2n1. The number of amides is 1. The Morgan fingerprint density at radius 1 is 1.39 bits per heavy atom. The summed E-state index contributed by atoms with van der Waals surface area (Å²) in [6.45, 7) is 6.31. The fourth-order valence-corrected chi connectivity index (χ4v) is 2.72. The van der Waals surface area contributed by atoms with Crippen LogP contribution in [-0.2, 0) is 9.53 Å². The van der Waals surface area contributed by atoms with E-state index in [1.807, 2.05) is 32.9 Å². The molecule has 2 heterocycles. The zero-order chi connectivity index (χ0) is 16.4. The molecule has 0 aliphatic heterocycles. The second kappa shape index (κ2) is 6.66. The lowest BCUT2D eigenvalue weighted by molar-refractivity contribution is -0.117. The number of nitrogens with zero attached hydrogens (tertiary/aromatic N) is 3. The van der Waals surface area contributed by atoms with Crippen molar-refractivity contribution in [3.8, 4) is 0 Å². The van der Waals surface area contributed by atoms with E-state index < -0.39 is 0 Å². The predicted octanol–water partition coefficient (Wildman–Crippen LogP) is 3.22. The van der Waals surface area contributed by atoms with E-state index in [9.17, 15) is 4.79 Å². The number of carbonyl (C=O) groups excluding carboxylic acids is 1. The third-order valence-electron chi connectivity index (χ3n) is 4.15. The van der Waals surface area contributed by atoms with Crippen molar-refractivity contribution in [1.29, 1.82) is 0 Å². The molecular weight excluding hydrogens is 292 g/mol. The van der Waals surface area contributed by atoms with Crippen LogP contribution in [-0.4, -0.2) is 33.2 Å². The molecule has 1 amide bonds. The molecule has 6 heteroatoms. The number of aryl methyl sites for hydroxylation is 1. The molecule has 0 atom stereocenters. The summed E-state index contributed by atoms with van der Waals surface area (Å²) in [5, 5.41) is 2.94. The third kappa shape index (κ3) is 3.52. The summed E-state index contributed by atoms with van der Waals surface area (Å²) in [5.74, 6) is 0.538. The molecular formula is C17H24N4O2. The molecule has 0 bridgehead atoms. The molecule has 3 rings (SSSR count). The number of hydrogen-bond acceptors (Lipinski definition) is 4. The maximum Gasteiger partial charge on any atom is 0.229 e. The number of carbonyl (C=O) groups is 1. The molecule has 1 N–H and O–H groups in total. The highest BCUT2D eigenvalue weighted by Crippen LogP contribution is 2.36. The standard InChI is InChI=1S/C17H24N4O2/c1-11(2)23-10-9-15(22)20-17-19-14-8-7-12(3)18-16(14)21(17)13-5-4-6-13/h7-8,11,13H,4-6,9-10H2,1-3H3,(H,19,20,22). The monoisotopic (exact) mass is 316 g/mol. The molecule has 0 radical (unpaired) electrons. The van der Waals surface area contributed by atoms with Crippen molar-refractivity contribution in [2.24, 2.45) is 0 Å². The van der Waals surface area contributed by atoms with E-state index >= 15 is 0 Å². The summed E-state index contributed by atoms with van der Waals surface area (Å²) in [6.07, 6.45) is 3.90. The summed E-state index contributed by atoms with van der Waals surface area (Å²) in [4.78, 5) is 21.3. The molecule has 0 aromatic carbocycles. The van der Waals surface area contributed by atoms with Crippen molar-refractivity contribution in [3.63, 3.8) is 0 Å². The average molecular weight is 316 g/mol. The van der Waals surface area contributed by atoms with Crippen LogP contribution in [0.25, 0.3) is 11.2 Å². The van der Waals surface area contributed by atoms with E-state index in [1.54, 1.807) is 0 Å². The minimum atomic E-state index is -0.0711. The van der Waals surface area contributed by atoms with Crippen LogP contribution < -0.4 is 5.32 Å². The van der Waals surface area contributed by atoms with E-state index in [0.29, 0.717) is 25.0 Å². The van der Waals surface area contributed by atoms with Crippen molar-refractivity contribution in [2.45, 2.75) is 58.6 Å². The smallest absolute Gasteiger partial charge is 0.229 e. The van der Waals surface area contributed by atoms with Gasteiger partial charge in [0.05, 0.1) is 19.1 Å². The van der Waals surface area contributed by atoms with Gasteiger partial charge in [-0.1, -0.05) is 0 Å². The predicted molar refractivity (Wildman–Crippen MR) is 89.5 cm³/mol. The van der Waals surface area contributed by atoms with Gasteiger partial charge in [-0.3, -0.25) is 14.7 Å². The van der Waals surface area contributed by atoms with Gasteiger partial charge < -0.3 is 4.74 Å². The molecule has 0 unspecified atom stereocenters. The van der Waals surface area contributed by atoms with Crippen LogP contribution in [0.1, 0.15) is 51.3 Å². The molecule has 2 aromatic heterocycles. The first-order valence-electron chi connectivity index (χ1n) is 8.31. The highest BCUT2D eigenvalue weighted by atomic mass is 16.5. The minimum Gasteiger partial charge on any atom is -0.378 e. The van der Waals surface area contributed by atoms with Crippen molar-refractivity contribution >= 4 is 23.0 Å². The molecule has 1 saturated carbocycles. The first kappa shape index (κ1) is 15.9. The highest BCUT2D eigenvalue weighted by molar-refractivity contribution is 5.91. The lowest BCUT2D eigenvalue weighted by Crippen LogP contribution is -2.23. The first-order valence-corrected chi connectivity index (χ1v) is 8.31. The van der Waals surface area contributed by atoms with Crippen LogP contribution in [0, 0.1) is 6.92 Å². The van der Waals surface area contributed by atoms with Crippen molar-refractivity contribution < 1.29 is 9.53 Å². The second-order valence-electron chi connectivity index (χ2n) is 6.40. The lowest BCUT2D eigenvalue weighted by Gasteiger charge is -2.28. The second-order valence-corrected chi connectivity index (χ2v) is 6.40. The number of hydrogen-bond donors (Lipinski definition) is 1. The van der Waals surface area contributed by atoms with E-state index in [4.69, 9.17) is 4.74 Å². The van der Waals surface area contributed by atoms with Crippen molar-refractivity contribution in [1.82, 2.24) is 14.5 Å². The van der Waals surface area contributed by atoms with E-state index in [0.717, 1.165) is 29.7 Å². The van der Waals surface area contributed by atoms with E-state index in [-0.39, 0.29) is 12.0 Å². The van der Waals surface area contributed by atoms with Gasteiger partial charge in [0.15, 0.2) is 5.65 Å². The van der Waals surface area contributed by atoms with Gasteiger partial charge in [-0.2, -0.15) is 0 Å². The quantitative estimate of drug-likeness (QED) is 0.888. The Balaban J connectivity index is 1.80. The fourth-order valence-electron chi connectivity index (χ4n) is 2.72. The number of aromatic nitrogens is 3. The highest BCUT2D eigenvalue weighted by Gasteiger charge is 2.26. The number of fused-ring (bicyclic) bond motifs is 1. The maximum absolute atomic E-state index is 12.2. The van der Waals surface area contributed by atoms with Crippen LogP contribution in [0.15, 0.2) is 12.1 Å². The van der Waals surface area contributed by atoms with Gasteiger partial charge >= 0.3 is 0 Å². The average Bonchev–Trinajstić information content (AvgIpc) is 2.75. The Morgan fingerprint density at radius 2 is 2.17 bits per heavy atom. The summed E-state index contributed by atoms with van der Waals surface area (Å²) in [5.41, 5.74) is 2.65. The molecule has 2 aromatic rings. The number of ether oxygens (including phenoxy) is 1. The molecule has 124 valence electrons. The molecule has 0 saturated heterocycles. The van der Waals surface area contributed by atoms with Crippen LogP contribution in [0.4, 0.5) is 5.95 Å². The Bertz CT molecular complexity index is 704. The Hall–Kier alpha value is -1.95. The zero-order valence-corrected chi connectivity index (χ0v) is 14.0. The van der Waals surface area contributed by atoms with Gasteiger partial charge in [0.1, 0.15) is 5.52 Å². The number of rotatable bonds is 6. The normalized spacial score (nSPS) is 15.1. The van der Waals surface area contributed by atoms with E-state index in [2.05, 4.69) is 19.9 Å². The van der Waals surface area contributed by atoms with Gasteiger partial charge in [0, 0.05) is 11.7 Å². The zero-order valence-electron chi connectivity index (χ0n) is 14.0. The lowest BCUT2D eigenvalue weighted by atomic mass is 9.93. The van der Waals surface area contributed by atoms with Crippen molar-refractivity contribution in [3.05, 3.63) is 17.8 Å². The summed E-state index contributed by atoms with van der Waals surface area (Å²) < 4.78 is 7.52. The topological polar surface area (TPSA) is 69.0 Å². The Labute approximate surface area is 136 Å². The van der Waals surface area contributed by atoms with Crippen molar-refractivity contribution in [2.75, 3.05) is 11.9 Å². The number of pyridine rings is 1. The van der Waals surface area contributed by atoms with Gasteiger partial charge in [-0.15, -0.1) is 0 Å². The summed E-state index contributed by atoms with van der Waals surface area (Å²) in [6, 6.07) is 4.30. The van der Waals surface area contributed by atoms with Crippen LogP contribution >= 0.6 is 0 Å². The molecule has 6 nitrogen and oxygen atoms in total. The van der Waals surface area contributed by atoms with E-state index in [1.165, 1.54) is 6.42 Å². The Kier molecular flexibility index (Phi) is 4.61. The van der Waals surface area contributed by atoms with Crippen LogP contribution in [0.3, 0.4) is 0 Å². The maximum atomic E-state index is 12.2. The largest absolute Gasteiger partial charge is 0.378 e. The molecule has 1 fully saturated rings. The Morgan fingerprint density at radius 3 is 2.83 bits per heavy atom. The first-order chi connectivity index (χ1) is 11.0. The van der Waals surface area contributed by atoms with Gasteiger partial charge in [0.25, 0.3) is 0 Å². The number of imidazole rings is 1. The molecule has 0 spiro atoms. The van der Waals surface area contributed by atoms with Gasteiger partial charge in [-0.25, -0.2) is 9.97 Å². The molecule has 1 aliphatic rings. The number of anilines is 1. The fraction of sp³-hybridized carbons (Fsp3) is 0.588. The minimum absolute atomic E-state index is 0.0711. The van der Waals surface area contributed by atoms with Gasteiger partial charge in [-0.05, 0) is 52.2 Å². The summed E-state index contributed by atoms with van der Waals surface area (Å²) in [7, 11) is 0.